The number of nitrogens with zero attached hydrogens (tertiary/aromatic N) is 1. The molecule has 0 aromatic heterocycles. The highest BCUT2D eigenvalue weighted by Gasteiger charge is 1.98. The Hall–Kier alpha value is 0.250. The van der Waals surface area contributed by atoms with Gasteiger partial charge in [0.2, 0.25) is 0 Å². The van der Waals surface area contributed by atoms with E-state index in [9.17, 15) is 0 Å². The summed E-state index contributed by atoms with van der Waals surface area (Å²) in [5.41, 5.74) is 0. The molecule has 0 unspecified atom stereocenters. The molecule has 0 saturated heterocycles. The van der Waals surface area contributed by atoms with Crippen LogP contribution in [0, 0.1) is 5.92 Å². The van der Waals surface area contributed by atoms with Crippen molar-refractivity contribution in [1.29, 1.82) is 0 Å². The Morgan fingerprint density at radius 3 is 2.12 bits per heavy atom. The molecule has 8 heavy (non-hydrogen) atoms. The largest absolute Gasteiger partial charge is 0.220 e. The van der Waals surface area contributed by atoms with Crippen molar-refractivity contribution >= 4 is 11.8 Å². The van der Waals surface area contributed by atoms with E-state index in [1.54, 1.807) is 4.42 Å². The quantitative estimate of drug-likeness (QED) is 0.536. The second-order valence-electron chi connectivity index (χ2n) is 2.36. The van der Waals surface area contributed by atoms with Crippen LogP contribution >= 0.6 is 11.8 Å². The Balaban J connectivity index is 3.10. The smallest absolute Gasteiger partial charge is 0.0161 e. The van der Waals surface area contributed by atoms with Gasteiger partial charge in [-0.05, 0) is 17.7 Å². The third kappa shape index (κ3) is 4.41. The second kappa shape index (κ2) is 4.16. The van der Waals surface area contributed by atoms with Gasteiger partial charge in [-0.15, -0.1) is 0 Å². The molecular formula is C6H14ClN. The molecule has 1 nitrogen and oxygen atoms in total. The summed E-state index contributed by atoms with van der Waals surface area (Å²) in [6.07, 6.45) is 0. The molecule has 0 aromatic rings. The molecule has 0 aromatic carbocycles. The van der Waals surface area contributed by atoms with E-state index in [2.05, 4.69) is 20.8 Å². The predicted molar refractivity (Wildman–Crippen MR) is 37.9 cm³/mol. The highest BCUT2D eigenvalue weighted by Crippen LogP contribution is 1.99. The summed E-state index contributed by atoms with van der Waals surface area (Å²) >= 11 is 5.69. The summed E-state index contributed by atoms with van der Waals surface area (Å²) in [6, 6.07) is 0. The topological polar surface area (TPSA) is 3.24 Å². The molecule has 0 heterocycles. The van der Waals surface area contributed by atoms with E-state index < -0.39 is 0 Å². The average Bonchev–Trinajstić information content (AvgIpc) is 1.65. The lowest BCUT2D eigenvalue weighted by atomic mass is 10.2. The number of hydrogen-bond acceptors (Lipinski definition) is 1. The van der Waals surface area contributed by atoms with Gasteiger partial charge < -0.3 is 0 Å². The van der Waals surface area contributed by atoms with Crippen molar-refractivity contribution in [2.24, 2.45) is 5.92 Å². The van der Waals surface area contributed by atoms with E-state index in [4.69, 9.17) is 11.8 Å². The molecule has 0 bridgehead atoms. The van der Waals surface area contributed by atoms with Crippen molar-refractivity contribution in [3.8, 4) is 0 Å². The molecule has 0 saturated carbocycles. The zero-order valence-electron chi connectivity index (χ0n) is 5.82. The zero-order chi connectivity index (χ0) is 6.57. The van der Waals surface area contributed by atoms with Crippen LogP contribution < -0.4 is 0 Å². The first kappa shape index (κ1) is 8.25. The lowest BCUT2D eigenvalue weighted by Gasteiger charge is -2.12. The summed E-state index contributed by atoms with van der Waals surface area (Å²) in [5.74, 6) is 0.674. The van der Waals surface area contributed by atoms with Gasteiger partial charge in [0, 0.05) is 13.1 Å². The van der Waals surface area contributed by atoms with Crippen LogP contribution in [0.1, 0.15) is 20.8 Å². The van der Waals surface area contributed by atoms with Crippen LogP contribution in [0.5, 0.6) is 0 Å². The fraction of sp³-hybridized carbons (Fsp3) is 1.00. The van der Waals surface area contributed by atoms with E-state index in [-0.39, 0.29) is 0 Å². The van der Waals surface area contributed by atoms with Crippen molar-refractivity contribution in [3.05, 3.63) is 0 Å². The zero-order valence-corrected chi connectivity index (χ0v) is 6.57. The van der Waals surface area contributed by atoms with Gasteiger partial charge in [0.25, 0.3) is 0 Å². The van der Waals surface area contributed by atoms with Crippen LogP contribution in [0.4, 0.5) is 0 Å². The summed E-state index contributed by atoms with van der Waals surface area (Å²) < 4.78 is 1.80. The van der Waals surface area contributed by atoms with E-state index in [1.165, 1.54) is 0 Å². The summed E-state index contributed by atoms with van der Waals surface area (Å²) in [7, 11) is 0. The van der Waals surface area contributed by atoms with Crippen molar-refractivity contribution in [1.82, 2.24) is 4.42 Å². The van der Waals surface area contributed by atoms with Gasteiger partial charge in [0.05, 0.1) is 0 Å². The monoisotopic (exact) mass is 135 g/mol. The molecule has 0 amide bonds. The average molecular weight is 136 g/mol. The van der Waals surface area contributed by atoms with Gasteiger partial charge >= 0.3 is 0 Å². The Kier molecular flexibility index (Phi) is 4.29. The molecule has 0 aliphatic rings. The van der Waals surface area contributed by atoms with E-state index >= 15 is 0 Å². The first-order chi connectivity index (χ1) is 3.66. The molecule has 50 valence electrons. The Labute approximate surface area is 56.7 Å². The summed E-state index contributed by atoms with van der Waals surface area (Å²) in [4.78, 5) is 0. The molecule has 0 radical (unpaired) electrons. The molecule has 0 aliphatic carbocycles. The molecule has 0 N–H and O–H groups in total. The first-order valence-electron chi connectivity index (χ1n) is 3.07. The van der Waals surface area contributed by atoms with Gasteiger partial charge in [-0.25, -0.2) is 4.42 Å². The van der Waals surface area contributed by atoms with Crippen LogP contribution in [0.25, 0.3) is 0 Å². The van der Waals surface area contributed by atoms with Gasteiger partial charge in [-0.1, -0.05) is 20.8 Å². The summed E-state index contributed by atoms with van der Waals surface area (Å²) in [5, 5.41) is 0. The first-order valence-corrected chi connectivity index (χ1v) is 3.41. The Morgan fingerprint density at radius 1 is 1.50 bits per heavy atom. The normalized spacial score (nSPS) is 11.2. The molecular weight excluding hydrogens is 122 g/mol. The van der Waals surface area contributed by atoms with Crippen molar-refractivity contribution in [3.63, 3.8) is 0 Å². The molecule has 0 aliphatic heterocycles. The maximum absolute atomic E-state index is 5.69. The maximum atomic E-state index is 5.69. The number of halogens is 1. The maximum Gasteiger partial charge on any atom is 0.0161 e. The minimum absolute atomic E-state index is 0.674. The third-order valence-electron chi connectivity index (χ3n) is 0.906. The highest BCUT2D eigenvalue weighted by atomic mass is 35.5. The summed E-state index contributed by atoms with van der Waals surface area (Å²) in [6.45, 7) is 8.28. The third-order valence-corrected chi connectivity index (χ3v) is 1.28. The fourth-order valence-electron chi connectivity index (χ4n) is 0.525. The SMILES string of the molecule is CCN(Cl)CC(C)C. The number of rotatable bonds is 3. The molecule has 0 rings (SSSR count). The van der Waals surface area contributed by atoms with E-state index in [1.807, 2.05) is 0 Å². The standard InChI is InChI=1S/C6H14ClN/c1-4-8(7)5-6(2)3/h6H,4-5H2,1-3H3. The van der Waals surface area contributed by atoms with E-state index in [0.29, 0.717) is 5.92 Å². The van der Waals surface area contributed by atoms with Crippen LogP contribution in [-0.4, -0.2) is 17.5 Å². The van der Waals surface area contributed by atoms with Gasteiger partial charge in [0.1, 0.15) is 0 Å². The Morgan fingerprint density at radius 2 is 2.00 bits per heavy atom. The highest BCUT2D eigenvalue weighted by molar-refractivity contribution is 6.13. The van der Waals surface area contributed by atoms with Crippen LogP contribution in [0.2, 0.25) is 0 Å². The molecule has 2 heteroatoms. The van der Waals surface area contributed by atoms with Gasteiger partial charge in [-0.3, -0.25) is 0 Å². The second-order valence-corrected chi connectivity index (χ2v) is 2.83. The molecule has 0 spiro atoms. The lowest BCUT2D eigenvalue weighted by Crippen LogP contribution is -2.16. The number of hydrogen-bond donors (Lipinski definition) is 0. The van der Waals surface area contributed by atoms with Crippen molar-refractivity contribution < 1.29 is 0 Å². The lowest BCUT2D eigenvalue weighted by molar-refractivity contribution is 0.410. The van der Waals surface area contributed by atoms with Gasteiger partial charge in [0.15, 0.2) is 0 Å². The van der Waals surface area contributed by atoms with Crippen LogP contribution in [-0.2, 0) is 0 Å². The fourth-order valence-corrected chi connectivity index (χ4v) is 0.801. The van der Waals surface area contributed by atoms with Crippen LogP contribution in [0.15, 0.2) is 0 Å². The van der Waals surface area contributed by atoms with Crippen LogP contribution in [0.3, 0.4) is 0 Å². The van der Waals surface area contributed by atoms with E-state index in [0.717, 1.165) is 13.1 Å². The van der Waals surface area contributed by atoms with Gasteiger partial charge in [-0.2, -0.15) is 0 Å². The minimum atomic E-state index is 0.674. The van der Waals surface area contributed by atoms with Crippen molar-refractivity contribution in [2.45, 2.75) is 20.8 Å². The molecule has 0 fully saturated rings. The van der Waals surface area contributed by atoms with Crippen molar-refractivity contribution in [2.75, 3.05) is 13.1 Å². The molecule has 0 atom stereocenters. The minimum Gasteiger partial charge on any atom is -0.220 e. The predicted octanol–water partition coefficient (Wildman–Crippen LogP) is 2.12. The Bertz CT molecular complexity index is 54.5.